The lowest BCUT2D eigenvalue weighted by Gasteiger charge is -2.15. The highest BCUT2D eigenvalue weighted by Crippen LogP contribution is 2.27. The monoisotopic (exact) mass is 405 g/mol. The number of nitrogens with zero attached hydrogens (tertiary/aromatic N) is 2. The van der Waals surface area contributed by atoms with Gasteiger partial charge < -0.3 is 10.1 Å². The molecular formula is C22H16ClN3O3. The van der Waals surface area contributed by atoms with E-state index in [0.29, 0.717) is 27.5 Å². The number of halogens is 1. The van der Waals surface area contributed by atoms with E-state index in [0.717, 1.165) is 0 Å². The number of nitrogens with one attached hydrogen (secondary N) is 1. The van der Waals surface area contributed by atoms with Gasteiger partial charge in [0.2, 0.25) is 0 Å². The van der Waals surface area contributed by atoms with Gasteiger partial charge in [0.05, 0.1) is 22.2 Å². The Labute approximate surface area is 172 Å². The van der Waals surface area contributed by atoms with Gasteiger partial charge in [0.15, 0.2) is 6.10 Å². The van der Waals surface area contributed by atoms with E-state index in [1.807, 2.05) is 0 Å². The van der Waals surface area contributed by atoms with Crippen molar-refractivity contribution in [1.29, 1.82) is 5.26 Å². The summed E-state index contributed by atoms with van der Waals surface area (Å²) in [6.07, 6.45) is 0.343. The molecule has 7 heteroatoms. The van der Waals surface area contributed by atoms with Gasteiger partial charge in [0, 0.05) is 11.8 Å². The van der Waals surface area contributed by atoms with Crippen molar-refractivity contribution in [3.8, 4) is 17.2 Å². The number of carbonyl (C=O) groups is 2. The Morgan fingerprint density at radius 1 is 1.07 bits per heavy atom. The second kappa shape index (κ2) is 9.00. The summed E-state index contributed by atoms with van der Waals surface area (Å²) in [5, 5.41) is 12.4. The molecule has 0 saturated carbocycles. The van der Waals surface area contributed by atoms with Crippen LogP contribution in [0.5, 0.6) is 0 Å². The molecule has 0 aliphatic carbocycles. The summed E-state index contributed by atoms with van der Waals surface area (Å²) < 4.78 is 5.34. The number of hydrogen-bond acceptors (Lipinski definition) is 5. The van der Waals surface area contributed by atoms with E-state index in [4.69, 9.17) is 16.3 Å². The molecule has 0 fully saturated rings. The van der Waals surface area contributed by atoms with Crippen molar-refractivity contribution < 1.29 is 14.3 Å². The standard InChI is InChI=1S/C22H16ClN3O3/c1-14(21(27)26-20-11-10-16(23)13-25-20)29-22(28)19-9-5-4-8-18(19)17-7-3-2-6-15(17)12-24/h2-11,13-14H,1H3,(H,25,26,27)/t14-/m1/s1. The van der Waals surface area contributed by atoms with Crippen molar-refractivity contribution >= 4 is 29.3 Å². The normalized spacial score (nSPS) is 11.2. The lowest BCUT2D eigenvalue weighted by Crippen LogP contribution is -2.30. The molecule has 2 aromatic carbocycles. The van der Waals surface area contributed by atoms with E-state index in [1.54, 1.807) is 60.7 Å². The first kappa shape index (κ1) is 20.1. The lowest BCUT2D eigenvalue weighted by atomic mass is 9.96. The van der Waals surface area contributed by atoms with Crippen molar-refractivity contribution in [2.24, 2.45) is 0 Å². The zero-order chi connectivity index (χ0) is 20.8. The number of nitriles is 1. The number of esters is 1. The van der Waals surface area contributed by atoms with E-state index in [1.165, 1.54) is 13.1 Å². The molecule has 0 bridgehead atoms. The molecule has 3 rings (SSSR count). The lowest BCUT2D eigenvalue weighted by molar-refractivity contribution is -0.123. The Hall–Kier alpha value is -3.69. The number of aromatic nitrogens is 1. The minimum Gasteiger partial charge on any atom is -0.449 e. The second-order valence-corrected chi connectivity index (χ2v) is 6.54. The molecule has 1 aromatic heterocycles. The van der Waals surface area contributed by atoms with Crippen LogP contribution >= 0.6 is 11.6 Å². The highest BCUT2D eigenvalue weighted by atomic mass is 35.5. The molecule has 3 aromatic rings. The number of pyridine rings is 1. The molecule has 1 N–H and O–H groups in total. The first-order valence-electron chi connectivity index (χ1n) is 8.71. The fourth-order valence-electron chi connectivity index (χ4n) is 2.67. The third-order valence-corrected chi connectivity index (χ3v) is 4.34. The highest BCUT2D eigenvalue weighted by molar-refractivity contribution is 6.30. The van der Waals surface area contributed by atoms with E-state index in [-0.39, 0.29) is 5.56 Å². The van der Waals surface area contributed by atoms with E-state index in [9.17, 15) is 14.9 Å². The van der Waals surface area contributed by atoms with Crippen LogP contribution in [0.25, 0.3) is 11.1 Å². The number of carbonyl (C=O) groups excluding carboxylic acids is 2. The largest absolute Gasteiger partial charge is 0.449 e. The van der Waals surface area contributed by atoms with E-state index < -0.39 is 18.0 Å². The second-order valence-electron chi connectivity index (χ2n) is 6.10. The molecule has 144 valence electrons. The Balaban J connectivity index is 1.78. The molecule has 0 aliphatic rings. The number of anilines is 1. The Morgan fingerprint density at radius 3 is 2.45 bits per heavy atom. The van der Waals surface area contributed by atoms with Gasteiger partial charge in [-0.25, -0.2) is 9.78 Å². The number of amides is 1. The summed E-state index contributed by atoms with van der Waals surface area (Å²) >= 11 is 5.77. The fraction of sp³-hybridized carbons (Fsp3) is 0.0909. The number of benzene rings is 2. The molecule has 0 aliphatic heterocycles. The molecule has 0 unspecified atom stereocenters. The molecule has 1 amide bonds. The minimum atomic E-state index is -1.06. The van der Waals surface area contributed by atoms with Crippen molar-refractivity contribution in [1.82, 2.24) is 4.98 Å². The van der Waals surface area contributed by atoms with Gasteiger partial charge in [-0.15, -0.1) is 0 Å². The summed E-state index contributed by atoms with van der Waals surface area (Å²) in [4.78, 5) is 29.0. The Bertz CT molecular complexity index is 1090. The first-order valence-corrected chi connectivity index (χ1v) is 9.09. The van der Waals surface area contributed by atoms with Gasteiger partial charge in [-0.3, -0.25) is 4.79 Å². The van der Waals surface area contributed by atoms with Crippen LogP contribution in [0.4, 0.5) is 5.82 Å². The average Bonchev–Trinajstić information content (AvgIpc) is 2.75. The van der Waals surface area contributed by atoms with E-state index in [2.05, 4.69) is 16.4 Å². The van der Waals surface area contributed by atoms with Gasteiger partial charge in [0.1, 0.15) is 5.82 Å². The summed E-state index contributed by atoms with van der Waals surface area (Å²) in [6, 6.07) is 19.0. The molecule has 6 nitrogen and oxygen atoms in total. The topological polar surface area (TPSA) is 92.1 Å². The van der Waals surface area contributed by atoms with Crippen molar-refractivity contribution in [2.75, 3.05) is 5.32 Å². The number of hydrogen-bond donors (Lipinski definition) is 1. The average molecular weight is 406 g/mol. The fourth-order valence-corrected chi connectivity index (χ4v) is 2.78. The SMILES string of the molecule is C[C@@H](OC(=O)c1ccccc1-c1ccccc1C#N)C(=O)Nc1ccc(Cl)cn1. The van der Waals surface area contributed by atoms with Crippen LogP contribution < -0.4 is 5.32 Å². The summed E-state index contributed by atoms with van der Waals surface area (Å²) in [5.74, 6) is -0.895. The molecule has 29 heavy (non-hydrogen) atoms. The first-order chi connectivity index (χ1) is 14.0. The molecule has 1 atom stereocenters. The van der Waals surface area contributed by atoms with Crippen LogP contribution in [0.2, 0.25) is 5.02 Å². The van der Waals surface area contributed by atoms with Gasteiger partial charge in [-0.2, -0.15) is 5.26 Å². The van der Waals surface area contributed by atoms with Crippen LogP contribution in [-0.2, 0) is 9.53 Å². The molecular weight excluding hydrogens is 390 g/mol. The van der Waals surface area contributed by atoms with Crippen LogP contribution in [0, 0.1) is 11.3 Å². The molecule has 0 spiro atoms. The van der Waals surface area contributed by atoms with Crippen LogP contribution in [0.15, 0.2) is 66.9 Å². The Kier molecular flexibility index (Phi) is 6.22. The zero-order valence-corrected chi connectivity index (χ0v) is 16.2. The quantitative estimate of drug-likeness (QED) is 0.633. The summed E-state index contributed by atoms with van der Waals surface area (Å²) in [7, 11) is 0. The van der Waals surface area contributed by atoms with Crippen molar-refractivity contribution in [3.05, 3.63) is 83.0 Å². The number of ether oxygens (including phenoxy) is 1. The van der Waals surface area contributed by atoms with Gasteiger partial charge in [-0.05, 0) is 36.8 Å². The highest BCUT2D eigenvalue weighted by Gasteiger charge is 2.22. The van der Waals surface area contributed by atoms with Crippen molar-refractivity contribution in [2.45, 2.75) is 13.0 Å². The van der Waals surface area contributed by atoms with Crippen LogP contribution in [-0.4, -0.2) is 23.0 Å². The van der Waals surface area contributed by atoms with Crippen molar-refractivity contribution in [3.63, 3.8) is 0 Å². The number of rotatable bonds is 5. The third kappa shape index (κ3) is 4.78. The maximum Gasteiger partial charge on any atom is 0.339 e. The zero-order valence-electron chi connectivity index (χ0n) is 15.4. The predicted octanol–water partition coefficient (Wildman–Crippen LogP) is 4.46. The van der Waals surface area contributed by atoms with Crippen LogP contribution in [0.3, 0.4) is 0 Å². The van der Waals surface area contributed by atoms with Crippen LogP contribution in [0.1, 0.15) is 22.8 Å². The smallest absolute Gasteiger partial charge is 0.339 e. The maximum atomic E-state index is 12.7. The minimum absolute atomic E-state index is 0.263. The van der Waals surface area contributed by atoms with Gasteiger partial charge in [-0.1, -0.05) is 48.0 Å². The van der Waals surface area contributed by atoms with E-state index >= 15 is 0 Å². The van der Waals surface area contributed by atoms with Gasteiger partial charge in [0.25, 0.3) is 5.91 Å². The molecule has 0 radical (unpaired) electrons. The summed E-state index contributed by atoms with van der Waals surface area (Å²) in [5.41, 5.74) is 1.87. The Morgan fingerprint density at radius 2 is 1.76 bits per heavy atom. The third-order valence-electron chi connectivity index (χ3n) is 4.12. The predicted molar refractivity (Wildman–Crippen MR) is 109 cm³/mol. The maximum absolute atomic E-state index is 12.7. The van der Waals surface area contributed by atoms with Gasteiger partial charge >= 0.3 is 5.97 Å². The molecule has 1 heterocycles. The summed E-state index contributed by atoms with van der Waals surface area (Å²) in [6.45, 7) is 1.47. The molecule has 0 saturated heterocycles.